The van der Waals surface area contributed by atoms with E-state index in [4.69, 9.17) is 9.73 Å². The van der Waals surface area contributed by atoms with E-state index < -0.39 is 5.60 Å². The van der Waals surface area contributed by atoms with Crippen LogP contribution in [0.15, 0.2) is 4.99 Å². The van der Waals surface area contributed by atoms with Gasteiger partial charge in [-0.1, -0.05) is 6.92 Å². The average Bonchev–Trinajstić information content (AvgIpc) is 3.29. The van der Waals surface area contributed by atoms with E-state index in [1.165, 1.54) is 38.9 Å². The first-order valence-corrected chi connectivity index (χ1v) is 11.4. The van der Waals surface area contributed by atoms with Gasteiger partial charge < -0.3 is 24.8 Å². The number of halogens is 1. The number of likely N-dealkylation sites (tertiary alicyclic amines) is 2. The van der Waals surface area contributed by atoms with Gasteiger partial charge in [-0.25, -0.2) is 4.79 Å². The molecule has 2 aliphatic rings. The lowest BCUT2D eigenvalue weighted by molar-refractivity contribution is 0.0279. The smallest absolute Gasteiger partial charge is 0.410 e. The fraction of sp³-hybridized carbons (Fsp3) is 0.909. The summed E-state index contributed by atoms with van der Waals surface area (Å²) >= 11 is 0. The molecule has 2 heterocycles. The second-order valence-electron chi connectivity index (χ2n) is 9.77. The molecule has 2 saturated heterocycles. The first-order valence-electron chi connectivity index (χ1n) is 11.4. The highest BCUT2D eigenvalue weighted by atomic mass is 127. The van der Waals surface area contributed by atoms with Crippen LogP contribution in [0.3, 0.4) is 0 Å². The molecule has 0 aromatic carbocycles. The van der Waals surface area contributed by atoms with Gasteiger partial charge in [0.15, 0.2) is 5.96 Å². The van der Waals surface area contributed by atoms with Crippen molar-refractivity contribution in [2.24, 2.45) is 16.8 Å². The molecule has 2 fully saturated rings. The standard InChI is InChI=1S/C22H43N5O2.HI/c1-7-23-20(27-13-10-19(17-27)16-26-11-8-9-12-26)24-14-18(2)15-25(6)21(28)29-22(3,4)5;/h18-19H,7-17H2,1-6H3,(H,23,24);1H. The van der Waals surface area contributed by atoms with Crippen LogP contribution in [0.1, 0.15) is 53.9 Å². The number of carbonyl (C=O) groups is 1. The predicted molar refractivity (Wildman–Crippen MR) is 135 cm³/mol. The minimum absolute atomic E-state index is 0. The molecule has 8 heteroatoms. The number of guanidine groups is 1. The van der Waals surface area contributed by atoms with Crippen LogP contribution in [-0.2, 0) is 4.74 Å². The molecule has 0 bridgehead atoms. The zero-order valence-corrected chi connectivity index (χ0v) is 22.3. The Labute approximate surface area is 201 Å². The lowest BCUT2D eigenvalue weighted by Crippen LogP contribution is -2.41. The number of nitrogens with one attached hydrogen (secondary N) is 1. The summed E-state index contributed by atoms with van der Waals surface area (Å²) < 4.78 is 5.44. The minimum atomic E-state index is -0.466. The first-order chi connectivity index (χ1) is 13.7. The third-order valence-corrected chi connectivity index (χ3v) is 5.48. The summed E-state index contributed by atoms with van der Waals surface area (Å²) in [6.45, 7) is 18.1. The van der Waals surface area contributed by atoms with Crippen molar-refractivity contribution in [1.82, 2.24) is 20.0 Å². The minimum Gasteiger partial charge on any atom is -0.444 e. The number of aliphatic imine (C=N–C) groups is 1. The summed E-state index contributed by atoms with van der Waals surface area (Å²) in [6, 6.07) is 0. The molecule has 30 heavy (non-hydrogen) atoms. The number of hydrogen-bond acceptors (Lipinski definition) is 4. The Morgan fingerprint density at radius 1 is 1.27 bits per heavy atom. The maximum absolute atomic E-state index is 12.2. The highest BCUT2D eigenvalue weighted by molar-refractivity contribution is 14.0. The van der Waals surface area contributed by atoms with Gasteiger partial charge in [0.1, 0.15) is 5.60 Å². The van der Waals surface area contributed by atoms with Gasteiger partial charge >= 0.3 is 6.09 Å². The molecule has 2 unspecified atom stereocenters. The summed E-state index contributed by atoms with van der Waals surface area (Å²) in [4.78, 5) is 23.7. The molecule has 1 N–H and O–H groups in total. The van der Waals surface area contributed by atoms with E-state index in [2.05, 4.69) is 29.0 Å². The van der Waals surface area contributed by atoms with Crippen molar-refractivity contribution < 1.29 is 9.53 Å². The molecular formula is C22H44IN5O2. The lowest BCUT2D eigenvalue weighted by Gasteiger charge is -2.26. The maximum Gasteiger partial charge on any atom is 0.410 e. The van der Waals surface area contributed by atoms with E-state index in [0.29, 0.717) is 13.1 Å². The Hall–Kier alpha value is -0.770. The van der Waals surface area contributed by atoms with E-state index in [0.717, 1.165) is 31.5 Å². The van der Waals surface area contributed by atoms with Gasteiger partial charge in [-0.15, -0.1) is 24.0 Å². The Morgan fingerprint density at radius 3 is 2.53 bits per heavy atom. The number of rotatable bonds is 7. The van der Waals surface area contributed by atoms with Crippen molar-refractivity contribution in [3.8, 4) is 0 Å². The normalized spacial score (nSPS) is 21.3. The molecule has 0 aromatic heterocycles. The van der Waals surface area contributed by atoms with Gasteiger partial charge in [0.05, 0.1) is 0 Å². The van der Waals surface area contributed by atoms with Crippen LogP contribution in [0.2, 0.25) is 0 Å². The molecule has 1 amide bonds. The second-order valence-corrected chi connectivity index (χ2v) is 9.77. The van der Waals surface area contributed by atoms with Crippen molar-refractivity contribution in [3.63, 3.8) is 0 Å². The molecule has 7 nitrogen and oxygen atoms in total. The number of hydrogen-bond donors (Lipinski definition) is 1. The van der Waals surface area contributed by atoms with E-state index >= 15 is 0 Å². The fourth-order valence-corrected chi connectivity index (χ4v) is 4.11. The lowest BCUT2D eigenvalue weighted by atomic mass is 10.1. The maximum atomic E-state index is 12.2. The SMILES string of the molecule is CCNC(=NCC(C)CN(C)C(=O)OC(C)(C)C)N1CCC(CN2CCCC2)C1.I. The third-order valence-electron chi connectivity index (χ3n) is 5.48. The molecular weight excluding hydrogens is 493 g/mol. The van der Waals surface area contributed by atoms with Crippen LogP contribution >= 0.6 is 24.0 Å². The number of nitrogens with zero attached hydrogens (tertiary/aromatic N) is 4. The average molecular weight is 538 g/mol. The zero-order chi connectivity index (χ0) is 21.4. The first kappa shape index (κ1) is 27.3. The topological polar surface area (TPSA) is 60.4 Å². The Kier molecular flexibility index (Phi) is 11.8. The Morgan fingerprint density at radius 2 is 1.93 bits per heavy atom. The Balaban J connectivity index is 0.00000450. The quantitative estimate of drug-likeness (QED) is 0.306. The highest BCUT2D eigenvalue weighted by Gasteiger charge is 2.27. The molecule has 0 aliphatic carbocycles. The number of ether oxygens (including phenoxy) is 1. The van der Waals surface area contributed by atoms with Gasteiger partial charge in [0.25, 0.3) is 0 Å². The van der Waals surface area contributed by atoms with E-state index in [9.17, 15) is 4.79 Å². The number of carbonyl (C=O) groups excluding carboxylic acids is 1. The monoisotopic (exact) mass is 537 g/mol. The van der Waals surface area contributed by atoms with Crippen LogP contribution in [0, 0.1) is 11.8 Å². The van der Waals surface area contributed by atoms with Crippen molar-refractivity contribution in [2.45, 2.75) is 59.5 Å². The molecule has 2 rings (SSSR count). The van der Waals surface area contributed by atoms with E-state index in [1.54, 1.807) is 11.9 Å². The fourth-order valence-electron chi connectivity index (χ4n) is 4.11. The largest absolute Gasteiger partial charge is 0.444 e. The van der Waals surface area contributed by atoms with Crippen LogP contribution < -0.4 is 5.32 Å². The summed E-state index contributed by atoms with van der Waals surface area (Å²) in [6.07, 6.45) is 3.69. The molecule has 0 radical (unpaired) electrons. The predicted octanol–water partition coefficient (Wildman–Crippen LogP) is 3.49. The van der Waals surface area contributed by atoms with Gasteiger partial charge in [-0.3, -0.25) is 4.99 Å². The molecule has 2 atom stereocenters. The van der Waals surface area contributed by atoms with Gasteiger partial charge in [-0.2, -0.15) is 0 Å². The Bertz CT molecular complexity index is 546. The van der Waals surface area contributed by atoms with E-state index in [1.807, 2.05) is 20.8 Å². The molecule has 2 aliphatic heterocycles. The van der Waals surface area contributed by atoms with Gasteiger partial charge in [0, 0.05) is 46.3 Å². The van der Waals surface area contributed by atoms with Crippen LogP contribution in [0.5, 0.6) is 0 Å². The van der Waals surface area contributed by atoms with Crippen molar-refractivity contribution in [3.05, 3.63) is 0 Å². The molecule has 176 valence electrons. The van der Waals surface area contributed by atoms with E-state index in [-0.39, 0.29) is 36.0 Å². The van der Waals surface area contributed by atoms with Crippen LogP contribution in [-0.4, -0.2) is 91.8 Å². The molecule has 0 spiro atoms. The summed E-state index contributed by atoms with van der Waals surface area (Å²) in [7, 11) is 1.79. The molecule has 0 aromatic rings. The summed E-state index contributed by atoms with van der Waals surface area (Å²) in [5.41, 5.74) is -0.466. The third kappa shape index (κ3) is 9.58. The molecule has 0 saturated carbocycles. The zero-order valence-electron chi connectivity index (χ0n) is 19.9. The second kappa shape index (κ2) is 12.9. The van der Waals surface area contributed by atoms with Gasteiger partial charge in [-0.05, 0) is 71.9 Å². The van der Waals surface area contributed by atoms with Crippen molar-refractivity contribution in [2.75, 3.05) is 59.4 Å². The van der Waals surface area contributed by atoms with Crippen molar-refractivity contribution in [1.29, 1.82) is 0 Å². The summed E-state index contributed by atoms with van der Waals surface area (Å²) in [5, 5.41) is 3.46. The van der Waals surface area contributed by atoms with Crippen LogP contribution in [0.25, 0.3) is 0 Å². The summed E-state index contributed by atoms with van der Waals surface area (Å²) in [5.74, 6) is 2.03. The number of amides is 1. The highest BCUT2D eigenvalue weighted by Crippen LogP contribution is 2.20. The van der Waals surface area contributed by atoms with Gasteiger partial charge in [0.2, 0.25) is 0 Å². The van der Waals surface area contributed by atoms with Crippen LogP contribution in [0.4, 0.5) is 4.79 Å². The van der Waals surface area contributed by atoms with Crippen molar-refractivity contribution >= 4 is 36.0 Å².